The first-order valence-corrected chi connectivity index (χ1v) is 11.4. The molecule has 12 N–H and O–H groups in total. The highest BCUT2D eigenvalue weighted by atomic mass is 16.4. The lowest BCUT2D eigenvalue weighted by molar-refractivity contribution is -0.142. The van der Waals surface area contributed by atoms with Crippen LogP contribution in [0, 0.1) is 0 Å². The predicted octanol–water partition coefficient (Wildman–Crippen LogP) is -5.99. The number of phenolic OH excluding ortho intramolecular Hbond substituents is 1. The summed E-state index contributed by atoms with van der Waals surface area (Å²) in [7, 11) is 0. The highest BCUT2D eigenvalue weighted by molar-refractivity contribution is 5.94. The van der Waals surface area contributed by atoms with Crippen molar-refractivity contribution in [1.29, 1.82) is 0 Å². The maximum absolute atomic E-state index is 12.4. The van der Waals surface area contributed by atoms with E-state index in [-0.39, 0.29) is 12.2 Å². The van der Waals surface area contributed by atoms with Crippen LogP contribution in [0.3, 0.4) is 0 Å². The number of carbonyl (C=O) groups is 6. The van der Waals surface area contributed by atoms with Crippen molar-refractivity contribution < 1.29 is 54.3 Å². The largest absolute Gasteiger partial charge is 0.508 e. The van der Waals surface area contributed by atoms with E-state index in [4.69, 9.17) is 10.8 Å². The van der Waals surface area contributed by atoms with Crippen molar-refractivity contribution in [3.8, 4) is 5.75 Å². The molecule has 0 saturated carbocycles. The molecule has 17 nitrogen and oxygen atoms in total. The second kappa shape index (κ2) is 16.5. The monoisotopic (exact) mass is 556 g/mol. The topological polar surface area (TPSA) is 290 Å². The molecule has 0 aliphatic rings. The first-order chi connectivity index (χ1) is 18.4. The maximum Gasteiger partial charge on any atom is 0.326 e. The van der Waals surface area contributed by atoms with E-state index in [1.165, 1.54) is 24.3 Å². The van der Waals surface area contributed by atoms with Crippen molar-refractivity contribution in [2.45, 2.75) is 30.6 Å². The molecule has 0 radical (unpaired) electrons. The van der Waals surface area contributed by atoms with Crippen LogP contribution in [0.1, 0.15) is 5.56 Å². The number of hydrogen-bond donors (Lipinski definition) is 11. The number of amides is 5. The molecule has 0 saturated heterocycles. The Morgan fingerprint density at radius 3 is 1.77 bits per heavy atom. The molecule has 39 heavy (non-hydrogen) atoms. The van der Waals surface area contributed by atoms with Gasteiger partial charge in [0.2, 0.25) is 29.5 Å². The Kier molecular flexibility index (Phi) is 13.8. The second-order valence-corrected chi connectivity index (χ2v) is 8.10. The molecule has 0 spiro atoms. The average Bonchev–Trinajstić information content (AvgIpc) is 2.91. The number of aliphatic hydroxyl groups is 3. The van der Waals surface area contributed by atoms with Gasteiger partial charge < -0.3 is 57.9 Å². The zero-order valence-corrected chi connectivity index (χ0v) is 20.6. The van der Waals surface area contributed by atoms with Crippen LogP contribution in [-0.4, -0.2) is 118 Å². The van der Waals surface area contributed by atoms with E-state index >= 15 is 0 Å². The van der Waals surface area contributed by atoms with Crippen molar-refractivity contribution in [3.63, 3.8) is 0 Å². The number of nitrogens with two attached hydrogens (primary N) is 1. The fourth-order valence-corrected chi connectivity index (χ4v) is 2.87. The van der Waals surface area contributed by atoms with Gasteiger partial charge in [0, 0.05) is 6.42 Å². The van der Waals surface area contributed by atoms with Gasteiger partial charge in [-0.25, -0.2) is 4.79 Å². The summed E-state index contributed by atoms with van der Waals surface area (Å²) in [5.41, 5.74) is 5.78. The zero-order valence-electron chi connectivity index (χ0n) is 20.6. The van der Waals surface area contributed by atoms with E-state index in [2.05, 4.69) is 26.6 Å². The Balaban J connectivity index is 2.53. The number of rotatable bonds is 16. The van der Waals surface area contributed by atoms with Gasteiger partial charge in [0.05, 0.1) is 32.9 Å². The fourth-order valence-electron chi connectivity index (χ4n) is 2.87. The highest BCUT2D eigenvalue weighted by Gasteiger charge is 2.27. The van der Waals surface area contributed by atoms with E-state index in [1.54, 1.807) is 0 Å². The molecule has 4 atom stereocenters. The molecule has 17 heteroatoms. The number of benzene rings is 1. The molecule has 1 rings (SSSR count). The molecule has 0 unspecified atom stereocenters. The number of nitrogens with one attached hydrogen (secondary N) is 5. The van der Waals surface area contributed by atoms with Crippen LogP contribution in [0.25, 0.3) is 0 Å². The van der Waals surface area contributed by atoms with Crippen LogP contribution in [-0.2, 0) is 35.2 Å². The number of carboxylic acid groups (broad SMARTS) is 1. The number of aliphatic carboxylic acids is 1. The van der Waals surface area contributed by atoms with Crippen molar-refractivity contribution >= 4 is 35.5 Å². The summed E-state index contributed by atoms with van der Waals surface area (Å²) in [6.45, 7) is -3.76. The van der Waals surface area contributed by atoms with Crippen LogP contribution in [0.15, 0.2) is 24.3 Å². The summed E-state index contributed by atoms with van der Waals surface area (Å²) in [5, 5.41) is 56.9. The molecule has 0 heterocycles. The van der Waals surface area contributed by atoms with E-state index < -0.39 is 92.6 Å². The summed E-state index contributed by atoms with van der Waals surface area (Å²) in [6.07, 6.45) is -0.149. The van der Waals surface area contributed by atoms with Crippen molar-refractivity contribution in [1.82, 2.24) is 26.6 Å². The number of phenols is 1. The van der Waals surface area contributed by atoms with Gasteiger partial charge in [0.1, 0.15) is 29.9 Å². The summed E-state index contributed by atoms with van der Waals surface area (Å²) < 4.78 is 0. The molecule has 1 aromatic rings. The minimum absolute atomic E-state index is 0.0329. The number of carbonyl (C=O) groups excluding carboxylic acids is 5. The third kappa shape index (κ3) is 11.7. The summed E-state index contributed by atoms with van der Waals surface area (Å²) in [6, 6.07) is -0.152. The van der Waals surface area contributed by atoms with Gasteiger partial charge in [-0.1, -0.05) is 12.1 Å². The number of carboxylic acids is 1. The summed E-state index contributed by atoms with van der Waals surface area (Å²) in [4.78, 5) is 71.6. The lowest BCUT2D eigenvalue weighted by Crippen LogP contribution is -2.56. The average molecular weight is 557 g/mol. The minimum atomic E-state index is -1.55. The normalized spacial score (nSPS) is 13.6. The van der Waals surface area contributed by atoms with Gasteiger partial charge in [0.25, 0.3) is 0 Å². The fraction of sp³-hybridized carbons (Fsp3) is 0.455. The van der Waals surface area contributed by atoms with Gasteiger partial charge in [-0.15, -0.1) is 0 Å². The van der Waals surface area contributed by atoms with E-state index in [1.807, 2.05) is 0 Å². The minimum Gasteiger partial charge on any atom is -0.508 e. The molecule has 5 amide bonds. The van der Waals surface area contributed by atoms with Crippen LogP contribution in [0.5, 0.6) is 5.75 Å². The quantitative estimate of drug-likeness (QED) is 0.0907. The Morgan fingerprint density at radius 1 is 0.692 bits per heavy atom. The maximum atomic E-state index is 12.4. The Bertz CT molecular complexity index is 1020. The van der Waals surface area contributed by atoms with Gasteiger partial charge in [-0.2, -0.15) is 0 Å². The lowest BCUT2D eigenvalue weighted by atomic mass is 10.1. The van der Waals surface area contributed by atoms with E-state index in [0.29, 0.717) is 5.56 Å². The van der Waals surface area contributed by atoms with E-state index in [0.717, 1.165) is 0 Å². The molecule has 0 fully saturated rings. The molecule has 0 aliphatic carbocycles. The first-order valence-electron chi connectivity index (χ1n) is 11.4. The summed E-state index contributed by atoms with van der Waals surface area (Å²) in [5.74, 6) is -6.07. The standard InChI is InChI=1S/C22H32N6O11/c23-13(8-29)19(35)28-15(9-30)20(36)25-6-17(33)24-7-18(34)26-16(10-31)21(37)27-14(22(38)39)5-11-1-3-12(32)4-2-11/h1-4,13-16,29-32H,5-10,23H2,(H,24,33)(H,25,36)(H,26,34)(H,27,37)(H,28,35)(H,38,39)/t13-,14-,15-,16-/m0/s1. The van der Waals surface area contributed by atoms with Crippen LogP contribution < -0.4 is 32.3 Å². The molecular formula is C22H32N6O11. The first kappa shape index (κ1) is 32.7. The molecule has 0 bridgehead atoms. The molecule has 0 aromatic heterocycles. The van der Waals surface area contributed by atoms with E-state index in [9.17, 15) is 49.2 Å². The zero-order chi connectivity index (χ0) is 29.5. The number of aromatic hydroxyl groups is 1. The second-order valence-electron chi connectivity index (χ2n) is 8.10. The van der Waals surface area contributed by atoms with Crippen molar-refractivity contribution in [3.05, 3.63) is 29.8 Å². The van der Waals surface area contributed by atoms with Crippen LogP contribution in [0.4, 0.5) is 0 Å². The Morgan fingerprint density at radius 2 is 1.23 bits per heavy atom. The SMILES string of the molecule is N[C@@H](CO)C(=O)N[C@@H](CO)C(=O)NCC(=O)NCC(=O)N[C@@H](CO)C(=O)N[C@@H](Cc1ccc(O)cc1)C(=O)O. The number of aliphatic hydroxyl groups excluding tert-OH is 3. The molecule has 216 valence electrons. The van der Waals surface area contributed by atoms with Crippen molar-refractivity contribution in [2.75, 3.05) is 32.9 Å². The molecular weight excluding hydrogens is 524 g/mol. The molecule has 1 aromatic carbocycles. The van der Waals surface area contributed by atoms with Crippen molar-refractivity contribution in [2.24, 2.45) is 5.73 Å². The molecule has 0 aliphatic heterocycles. The van der Waals surface area contributed by atoms with Crippen LogP contribution >= 0.6 is 0 Å². The predicted molar refractivity (Wildman–Crippen MR) is 130 cm³/mol. The highest BCUT2D eigenvalue weighted by Crippen LogP contribution is 2.11. The Labute approximate surface area is 221 Å². The van der Waals surface area contributed by atoms with Gasteiger partial charge in [-0.05, 0) is 17.7 Å². The van der Waals surface area contributed by atoms with Gasteiger partial charge in [-0.3, -0.25) is 24.0 Å². The van der Waals surface area contributed by atoms with Gasteiger partial charge >= 0.3 is 5.97 Å². The smallest absolute Gasteiger partial charge is 0.326 e. The third-order valence-electron chi connectivity index (χ3n) is 5.04. The lowest BCUT2D eigenvalue weighted by Gasteiger charge is -2.20. The Hall–Kier alpha value is -4.32. The van der Waals surface area contributed by atoms with Gasteiger partial charge in [0.15, 0.2) is 0 Å². The number of hydrogen-bond acceptors (Lipinski definition) is 11. The van der Waals surface area contributed by atoms with Crippen LogP contribution in [0.2, 0.25) is 0 Å². The third-order valence-corrected chi connectivity index (χ3v) is 5.04. The summed E-state index contributed by atoms with van der Waals surface area (Å²) >= 11 is 0.